The highest BCUT2D eigenvalue weighted by Gasteiger charge is 2.36. The van der Waals surface area contributed by atoms with E-state index in [0.717, 1.165) is 29.0 Å². The third-order valence-corrected chi connectivity index (χ3v) is 7.02. The Morgan fingerprint density at radius 1 is 1.17 bits per heavy atom. The minimum Gasteiger partial charge on any atom is -0.487 e. The summed E-state index contributed by atoms with van der Waals surface area (Å²) in [5.41, 5.74) is 6.70. The normalized spacial score (nSPS) is 16.1. The monoisotopic (exact) mass is 479 g/mol. The van der Waals surface area contributed by atoms with Crippen molar-refractivity contribution in [2.75, 3.05) is 6.61 Å². The molecule has 2 heterocycles. The molecule has 0 aliphatic carbocycles. The van der Waals surface area contributed by atoms with E-state index in [4.69, 9.17) is 9.47 Å². The molecule has 0 radical (unpaired) electrons. The summed E-state index contributed by atoms with van der Waals surface area (Å²) in [6.07, 6.45) is 2.32. The number of benzene rings is 2. The summed E-state index contributed by atoms with van der Waals surface area (Å²) in [6.45, 7) is 10.5. The zero-order valence-corrected chi connectivity index (χ0v) is 21.4. The number of esters is 1. The number of aliphatic hydroxyl groups is 2. The summed E-state index contributed by atoms with van der Waals surface area (Å²) in [5, 5.41) is 23.2. The molecule has 35 heavy (non-hydrogen) atoms. The molecular formula is C29H37NO5. The van der Waals surface area contributed by atoms with Gasteiger partial charge in [-0.3, -0.25) is 4.79 Å². The molecule has 188 valence electrons. The predicted octanol–water partition coefficient (Wildman–Crippen LogP) is 5.16. The van der Waals surface area contributed by atoms with E-state index in [1.165, 1.54) is 27.5 Å². The lowest BCUT2D eigenvalue weighted by Crippen LogP contribution is -2.25. The van der Waals surface area contributed by atoms with Crippen molar-refractivity contribution in [1.82, 2.24) is 4.98 Å². The van der Waals surface area contributed by atoms with Crippen LogP contribution in [0.25, 0.3) is 22.0 Å². The van der Waals surface area contributed by atoms with Gasteiger partial charge in [-0.1, -0.05) is 24.3 Å². The quantitative estimate of drug-likeness (QED) is 0.369. The molecule has 1 aromatic heterocycles. The second-order valence-electron chi connectivity index (χ2n) is 10.3. The number of aromatic nitrogens is 1. The SMILES string of the molecule is CCOC(=O)CC(O)CC(O)CCc1c(C)c(-c2[nH]cc3ccccc23)c(C)c2c1OC(C)(C)C2. The zero-order chi connectivity index (χ0) is 25.3. The molecule has 3 aromatic rings. The van der Waals surface area contributed by atoms with Gasteiger partial charge in [-0.15, -0.1) is 0 Å². The molecule has 6 heteroatoms. The van der Waals surface area contributed by atoms with Crippen LogP contribution in [0.5, 0.6) is 5.75 Å². The van der Waals surface area contributed by atoms with Gasteiger partial charge in [0.15, 0.2) is 0 Å². The first-order valence-corrected chi connectivity index (χ1v) is 12.5. The van der Waals surface area contributed by atoms with E-state index in [1.807, 2.05) is 12.3 Å². The van der Waals surface area contributed by atoms with E-state index in [0.29, 0.717) is 12.8 Å². The lowest BCUT2D eigenvalue weighted by atomic mass is 9.85. The van der Waals surface area contributed by atoms with E-state index in [9.17, 15) is 15.0 Å². The van der Waals surface area contributed by atoms with Crippen LogP contribution in [0.15, 0.2) is 30.5 Å². The van der Waals surface area contributed by atoms with Gasteiger partial charge in [0.1, 0.15) is 11.4 Å². The fraction of sp³-hybridized carbons (Fsp3) is 0.483. The van der Waals surface area contributed by atoms with Crippen LogP contribution in [0.4, 0.5) is 0 Å². The highest BCUT2D eigenvalue weighted by atomic mass is 16.5. The molecule has 0 amide bonds. The number of ether oxygens (including phenoxy) is 2. The van der Waals surface area contributed by atoms with Gasteiger partial charge < -0.3 is 24.7 Å². The minimum absolute atomic E-state index is 0.106. The first-order chi connectivity index (χ1) is 16.6. The Balaban J connectivity index is 1.64. The molecule has 0 bridgehead atoms. The van der Waals surface area contributed by atoms with Crippen molar-refractivity contribution in [2.45, 2.75) is 84.5 Å². The molecule has 0 spiro atoms. The second-order valence-corrected chi connectivity index (χ2v) is 10.3. The molecular weight excluding hydrogens is 442 g/mol. The number of fused-ring (bicyclic) bond motifs is 2. The summed E-state index contributed by atoms with van der Waals surface area (Å²) in [6, 6.07) is 8.35. The summed E-state index contributed by atoms with van der Waals surface area (Å²) < 4.78 is 11.3. The molecule has 2 aromatic carbocycles. The van der Waals surface area contributed by atoms with E-state index >= 15 is 0 Å². The standard InChI is InChI=1S/C29H37NO5/c1-6-34-25(33)14-21(32)13-20(31)11-12-22-17(2)26(18(3)24-15-29(4,5)35-28(22)24)27-23-10-8-7-9-19(23)16-30-27/h7-10,16,20-21,30-32H,6,11-15H2,1-5H3. The van der Waals surface area contributed by atoms with Gasteiger partial charge in [-0.05, 0) is 76.0 Å². The van der Waals surface area contributed by atoms with Crippen LogP contribution in [0, 0.1) is 13.8 Å². The highest BCUT2D eigenvalue weighted by Crippen LogP contribution is 2.47. The highest BCUT2D eigenvalue weighted by molar-refractivity contribution is 5.97. The van der Waals surface area contributed by atoms with Gasteiger partial charge in [0.2, 0.25) is 0 Å². The van der Waals surface area contributed by atoms with Crippen LogP contribution in [-0.4, -0.2) is 45.6 Å². The van der Waals surface area contributed by atoms with Crippen molar-refractivity contribution in [3.8, 4) is 17.0 Å². The van der Waals surface area contributed by atoms with Gasteiger partial charge in [0, 0.05) is 29.1 Å². The van der Waals surface area contributed by atoms with Crippen molar-refractivity contribution >= 4 is 16.7 Å². The second kappa shape index (κ2) is 10.0. The van der Waals surface area contributed by atoms with Crippen LogP contribution < -0.4 is 4.74 Å². The maximum atomic E-state index is 11.6. The lowest BCUT2D eigenvalue weighted by Gasteiger charge is -2.22. The number of H-pyrrole nitrogens is 1. The van der Waals surface area contributed by atoms with Crippen molar-refractivity contribution in [1.29, 1.82) is 0 Å². The number of carbonyl (C=O) groups excluding carboxylic acids is 1. The Labute approximate surface area is 207 Å². The zero-order valence-electron chi connectivity index (χ0n) is 21.4. The molecule has 2 unspecified atom stereocenters. The number of aliphatic hydroxyl groups excluding tert-OH is 2. The third kappa shape index (κ3) is 5.24. The summed E-state index contributed by atoms with van der Waals surface area (Å²) in [4.78, 5) is 15.1. The van der Waals surface area contributed by atoms with Crippen molar-refractivity contribution < 1.29 is 24.5 Å². The van der Waals surface area contributed by atoms with Crippen LogP contribution >= 0.6 is 0 Å². The lowest BCUT2D eigenvalue weighted by molar-refractivity contribution is -0.145. The average molecular weight is 480 g/mol. The third-order valence-electron chi connectivity index (χ3n) is 7.02. The van der Waals surface area contributed by atoms with Crippen molar-refractivity contribution in [3.05, 3.63) is 52.7 Å². The van der Waals surface area contributed by atoms with Crippen LogP contribution in [0.2, 0.25) is 0 Å². The number of carbonyl (C=O) groups is 1. The van der Waals surface area contributed by atoms with E-state index in [2.05, 4.69) is 50.9 Å². The summed E-state index contributed by atoms with van der Waals surface area (Å²) in [5.74, 6) is 0.488. The van der Waals surface area contributed by atoms with Gasteiger partial charge in [0.25, 0.3) is 0 Å². The Morgan fingerprint density at radius 3 is 2.66 bits per heavy atom. The Kier molecular flexibility index (Phi) is 7.25. The molecule has 3 N–H and O–H groups in total. The fourth-order valence-corrected chi connectivity index (χ4v) is 5.38. The smallest absolute Gasteiger partial charge is 0.308 e. The fourth-order valence-electron chi connectivity index (χ4n) is 5.38. The topological polar surface area (TPSA) is 91.8 Å². The first-order valence-electron chi connectivity index (χ1n) is 12.5. The maximum absolute atomic E-state index is 11.6. The van der Waals surface area contributed by atoms with E-state index < -0.39 is 18.2 Å². The molecule has 1 aliphatic rings. The molecule has 2 atom stereocenters. The number of rotatable bonds is 9. The van der Waals surface area contributed by atoms with Gasteiger partial charge in [-0.25, -0.2) is 0 Å². The average Bonchev–Trinajstić information content (AvgIpc) is 3.34. The molecule has 0 fully saturated rings. The van der Waals surface area contributed by atoms with Gasteiger partial charge in [0.05, 0.1) is 30.9 Å². The number of aromatic amines is 1. The van der Waals surface area contributed by atoms with E-state index in [1.54, 1.807) is 6.92 Å². The number of hydrogen-bond donors (Lipinski definition) is 3. The summed E-state index contributed by atoms with van der Waals surface area (Å²) >= 11 is 0. The van der Waals surface area contributed by atoms with Gasteiger partial charge >= 0.3 is 5.97 Å². The van der Waals surface area contributed by atoms with Crippen molar-refractivity contribution in [3.63, 3.8) is 0 Å². The Bertz CT molecular complexity index is 1230. The number of hydrogen-bond acceptors (Lipinski definition) is 5. The maximum Gasteiger partial charge on any atom is 0.308 e. The Morgan fingerprint density at radius 2 is 1.91 bits per heavy atom. The Hall–Kier alpha value is -2.83. The molecule has 1 aliphatic heterocycles. The van der Waals surface area contributed by atoms with Gasteiger partial charge in [-0.2, -0.15) is 0 Å². The number of nitrogens with one attached hydrogen (secondary N) is 1. The molecule has 0 saturated heterocycles. The molecule has 0 saturated carbocycles. The van der Waals surface area contributed by atoms with E-state index in [-0.39, 0.29) is 25.0 Å². The molecule has 6 nitrogen and oxygen atoms in total. The van der Waals surface area contributed by atoms with Crippen LogP contribution in [0.1, 0.15) is 62.3 Å². The van der Waals surface area contributed by atoms with Crippen LogP contribution in [0.3, 0.4) is 0 Å². The summed E-state index contributed by atoms with van der Waals surface area (Å²) in [7, 11) is 0. The van der Waals surface area contributed by atoms with Crippen molar-refractivity contribution in [2.24, 2.45) is 0 Å². The molecule has 4 rings (SSSR count). The minimum atomic E-state index is -0.926. The van der Waals surface area contributed by atoms with Crippen LogP contribution in [-0.2, 0) is 22.4 Å². The largest absolute Gasteiger partial charge is 0.487 e. The predicted molar refractivity (Wildman–Crippen MR) is 138 cm³/mol. The first kappa shape index (κ1) is 25.3.